The van der Waals surface area contributed by atoms with Gasteiger partial charge in [0.2, 0.25) is 0 Å². The Balaban J connectivity index is 0.000000224. The van der Waals surface area contributed by atoms with E-state index < -0.39 is 12.2 Å². The van der Waals surface area contributed by atoms with Gasteiger partial charge in [-0.1, -0.05) is 84.9 Å². The molecule has 2 amide bonds. The molecule has 8 rings (SSSR count). The third-order valence-corrected chi connectivity index (χ3v) is 11.7. The number of nitrogens with one attached hydrogen (secondary N) is 2. The van der Waals surface area contributed by atoms with E-state index >= 15 is 0 Å². The van der Waals surface area contributed by atoms with E-state index in [2.05, 4.69) is 63.4 Å². The number of imidazole rings is 2. The van der Waals surface area contributed by atoms with Gasteiger partial charge in [-0.2, -0.15) is 0 Å². The first-order valence-corrected chi connectivity index (χ1v) is 20.4. The molecule has 2 unspecified atom stereocenters. The SMILES string of the molecule is O=C(O)N1CCC(CCn2c(=O)[nH]c3ccccc32)CC1CCCN(Cc1ccccc1)Cc1ccccc1.O=C(O)N1CCC[C@H]1Cn1c(=O)[nH]c2ccccc21. The number of piperidine rings is 1. The molecule has 2 aliphatic heterocycles. The van der Waals surface area contributed by atoms with Crippen molar-refractivity contribution in [3.8, 4) is 0 Å². The number of aromatic nitrogens is 4. The van der Waals surface area contributed by atoms with Crippen LogP contribution < -0.4 is 11.4 Å². The van der Waals surface area contributed by atoms with Crippen LogP contribution in [0.3, 0.4) is 0 Å². The molecule has 58 heavy (non-hydrogen) atoms. The number of carbonyl (C=O) groups is 2. The summed E-state index contributed by atoms with van der Waals surface area (Å²) in [5, 5.41) is 19.0. The molecule has 304 valence electrons. The highest BCUT2D eigenvalue weighted by Gasteiger charge is 2.32. The minimum Gasteiger partial charge on any atom is -0.465 e. The minimum absolute atomic E-state index is 0.0104. The lowest BCUT2D eigenvalue weighted by Crippen LogP contribution is -2.46. The van der Waals surface area contributed by atoms with Gasteiger partial charge in [0.15, 0.2) is 0 Å². The second-order valence-electron chi connectivity index (χ2n) is 15.6. The van der Waals surface area contributed by atoms with E-state index in [1.165, 1.54) is 16.0 Å². The Hall–Kier alpha value is -6.08. The van der Waals surface area contributed by atoms with Crippen molar-refractivity contribution in [2.45, 2.75) is 83.2 Å². The number of rotatable bonds is 13. The molecule has 6 aromatic rings. The van der Waals surface area contributed by atoms with Gasteiger partial charge in [-0.25, -0.2) is 19.2 Å². The van der Waals surface area contributed by atoms with Gasteiger partial charge in [0, 0.05) is 45.3 Å². The molecule has 13 heteroatoms. The molecule has 0 spiro atoms. The quantitative estimate of drug-likeness (QED) is 0.0947. The number of hydrogen-bond acceptors (Lipinski definition) is 5. The lowest BCUT2D eigenvalue weighted by atomic mass is 9.86. The van der Waals surface area contributed by atoms with Crippen LogP contribution in [0.25, 0.3) is 22.1 Å². The third-order valence-electron chi connectivity index (χ3n) is 11.7. The molecule has 13 nitrogen and oxygen atoms in total. The van der Waals surface area contributed by atoms with E-state index in [-0.39, 0.29) is 23.5 Å². The maximum Gasteiger partial charge on any atom is 0.407 e. The first kappa shape index (κ1) is 40.1. The van der Waals surface area contributed by atoms with Gasteiger partial charge >= 0.3 is 23.6 Å². The summed E-state index contributed by atoms with van der Waals surface area (Å²) in [5.41, 5.74) is 5.70. The lowest BCUT2D eigenvalue weighted by molar-refractivity contribution is 0.0807. The zero-order chi connectivity index (χ0) is 40.4. The average Bonchev–Trinajstić information content (AvgIpc) is 3.92. The van der Waals surface area contributed by atoms with Crippen molar-refractivity contribution in [2.24, 2.45) is 5.92 Å². The second kappa shape index (κ2) is 18.9. The number of para-hydroxylation sites is 4. The van der Waals surface area contributed by atoms with Crippen LogP contribution in [-0.4, -0.2) is 87.9 Å². The van der Waals surface area contributed by atoms with E-state index in [1.54, 1.807) is 9.47 Å². The highest BCUT2D eigenvalue weighted by molar-refractivity contribution is 5.75. The van der Waals surface area contributed by atoms with Crippen LogP contribution in [0.5, 0.6) is 0 Å². The van der Waals surface area contributed by atoms with E-state index in [0.717, 1.165) is 86.6 Å². The topological polar surface area (TPSA) is 160 Å². The highest BCUT2D eigenvalue weighted by atomic mass is 16.4. The maximum atomic E-state index is 12.5. The standard InChI is InChI=1S/C32H38N4O3.C13H15N3O3/c37-31-33-29-15-7-8-16-30(29)36(31)21-18-25-17-20-35(32(38)39)28(22-25)14-9-19-34(23-26-10-3-1-4-11-26)24-27-12-5-2-6-13-27;17-12-14-10-5-1-2-6-11(10)16(12)8-9-4-3-7-15(9)13(18)19/h1-8,10-13,15-16,25,28H,9,14,17-24H2,(H,33,37)(H,38,39);1-2,5-6,9H,3-4,7-8H2,(H,14,17)(H,18,19)/t;9-/m.0/s1. The Morgan fingerprint density at radius 1 is 0.638 bits per heavy atom. The van der Waals surface area contributed by atoms with Crippen molar-refractivity contribution < 1.29 is 19.8 Å². The molecule has 0 aliphatic carbocycles. The van der Waals surface area contributed by atoms with Gasteiger partial charge in [-0.3, -0.25) is 14.0 Å². The van der Waals surface area contributed by atoms with Crippen LogP contribution in [0.15, 0.2) is 119 Å². The van der Waals surface area contributed by atoms with E-state index in [0.29, 0.717) is 32.1 Å². The molecule has 2 aromatic heterocycles. The van der Waals surface area contributed by atoms with Crippen molar-refractivity contribution in [1.82, 2.24) is 33.8 Å². The van der Waals surface area contributed by atoms with Crippen molar-refractivity contribution in [3.05, 3.63) is 141 Å². The Labute approximate surface area is 337 Å². The van der Waals surface area contributed by atoms with E-state index in [1.807, 2.05) is 65.2 Å². The van der Waals surface area contributed by atoms with Crippen LogP contribution in [0.1, 0.15) is 56.1 Å². The number of aryl methyl sites for hydroxylation is 1. The van der Waals surface area contributed by atoms with Crippen molar-refractivity contribution in [3.63, 3.8) is 0 Å². The summed E-state index contributed by atoms with van der Waals surface area (Å²) in [6.07, 6.45) is 4.27. The van der Waals surface area contributed by atoms with Gasteiger partial charge < -0.3 is 30.0 Å². The molecule has 4 N–H and O–H groups in total. The molecule has 2 saturated heterocycles. The summed E-state index contributed by atoms with van der Waals surface area (Å²) in [7, 11) is 0. The lowest BCUT2D eigenvalue weighted by Gasteiger charge is -2.38. The summed E-state index contributed by atoms with van der Waals surface area (Å²) in [6, 6.07) is 36.1. The largest absolute Gasteiger partial charge is 0.465 e. The Bertz CT molecular complexity index is 2350. The van der Waals surface area contributed by atoms with Gasteiger partial charge in [-0.15, -0.1) is 0 Å². The Morgan fingerprint density at radius 3 is 1.78 bits per heavy atom. The van der Waals surface area contributed by atoms with Crippen LogP contribution in [-0.2, 0) is 26.2 Å². The van der Waals surface area contributed by atoms with Crippen LogP contribution in [0, 0.1) is 5.92 Å². The second-order valence-corrected chi connectivity index (χ2v) is 15.6. The number of hydrogen-bond donors (Lipinski definition) is 4. The zero-order valence-electron chi connectivity index (χ0n) is 32.8. The molecule has 0 bridgehead atoms. The normalized spacial score (nSPS) is 18.1. The molecular formula is C45H53N7O6. The molecule has 2 fully saturated rings. The smallest absolute Gasteiger partial charge is 0.407 e. The molecule has 0 radical (unpaired) electrons. The summed E-state index contributed by atoms with van der Waals surface area (Å²) < 4.78 is 3.44. The molecule has 4 heterocycles. The first-order valence-electron chi connectivity index (χ1n) is 20.4. The highest BCUT2D eigenvalue weighted by Crippen LogP contribution is 2.29. The van der Waals surface area contributed by atoms with Crippen molar-refractivity contribution in [1.29, 1.82) is 0 Å². The monoisotopic (exact) mass is 787 g/mol. The molecule has 0 saturated carbocycles. The molecule has 2 aliphatic rings. The predicted molar refractivity (Wildman–Crippen MR) is 225 cm³/mol. The molecule has 3 atom stereocenters. The third kappa shape index (κ3) is 9.89. The number of carboxylic acid groups (broad SMARTS) is 2. The van der Waals surface area contributed by atoms with Crippen LogP contribution in [0.2, 0.25) is 0 Å². The number of fused-ring (bicyclic) bond motifs is 2. The van der Waals surface area contributed by atoms with Crippen LogP contribution in [0.4, 0.5) is 9.59 Å². The number of aromatic amines is 2. The summed E-state index contributed by atoms with van der Waals surface area (Å²) in [6.45, 7) is 4.81. The van der Waals surface area contributed by atoms with E-state index in [9.17, 15) is 24.3 Å². The number of nitrogens with zero attached hydrogens (tertiary/aromatic N) is 5. The number of benzene rings is 4. The van der Waals surface area contributed by atoms with Gasteiger partial charge in [0.05, 0.1) is 28.1 Å². The Kier molecular flexibility index (Phi) is 13.1. The molecule has 4 aromatic carbocycles. The Morgan fingerprint density at radius 2 is 1.17 bits per heavy atom. The summed E-state index contributed by atoms with van der Waals surface area (Å²) in [5.74, 6) is 0.399. The van der Waals surface area contributed by atoms with Crippen molar-refractivity contribution >= 4 is 34.3 Å². The first-order chi connectivity index (χ1) is 28.2. The number of amides is 2. The minimum atomic E-state index is -0.907. The zero-order valence-corrected chi connectivity index (χ0v) is 32.8. The summed E-state index contributed by atoms with van der Waals surface area (Å²) in [4.78, 5) is 58.9. The maximum absolute atomic E-state index is 12.5. The van der Waals surface area contributed by atoms with Crippen LogP contribution >= 0.6 is 0 Å². The number of H-pyrrole nitrogens is 2. The average molecular weight is 788 g/mol. The molecular weight excluding hydrogens is 735 g/mol. The van der Waals surface area contributed by atoms with Crippen molar-refractivity contribution in [2.75, 3.05) is 19.6 Å². The fraction of sp³-hybridized carbons (Fsp3) is 0.378. The van der Waals surface area contributed by atoms with Gasteiger partial charge in [0.1, 0.15) is 0 Å². The fourth-order valence-corrected chi connectivity index (χ4v) is 8.79. The summed E-state index contributed by atoms with van der Waals surface area (Å²) >= 11 is 0. The fourth-order valence-electron chi connectivity index (χ4n) is 8.79. The van der Waals surface area contributed by atoms with Gasteiger partial charge in [0.25, 0.3) is 0 Å². The van der Waals surface area contributed by atoms with E-state index in [4.69, 9.17) is 5.11 Å². The number of likely N-dealkylation sites (tertiary alicyclic amines) is 2. The van der Waals surface area contributed by atoms with Gasteiger partial charge in [-0.05, 0) is 92.8 Å². The predicted octanol–water partition coefficient (Wildman–Crippen LogP) is 7.43.